The molecule has 0 bridgehead atoms. The summed E-state index contributed by atoms with van der Waals surface area (Å²) in [6.07, 6.45) is 3.37. The number of rotatable bonds is 1. The van der Waals surface area contributed by atoms with Crippen molar-refractivity contribution in [1.29, 1.82) is 0 Å². The van der Waals surface area contributed by atoms with Gasteiger partial charge in [0.15, 0.2) is 0 Å². The maximum Gasteiger partial charge on any atom is 0.309 e. The molecule has 0 unspecified atom stereocenters. The van der Waals surface area contributed by atoms with E-state index in [2.05, 4.69) is 0 Å². The average molecular weight is 306 g/mol. The largest absolute Gasteiger partial charge is 0.462 e. The molecule has 6 atom stereocenters. The third-order valence-electron chi connectivity index (χ3n) is 5.22. The van der Waals surface area contributed by atoms with E-state index < -0.39 is 17.8 Å². The summed E-state index contributed by atoms with van der Waals surface area (Å²) in [7, 11) is 0. The zero-order valence-corrected chi connectivity index (χ0v) is 13.3. The lowest BCUT2D eigenvalue weighted by Gasteiger charge is -2.34. The molecule has 0 radical (unpaired) electrons. The first-order valence-electron chi connectivity index (χ1n) is 7.71. The van der Waals surface area contributed by atoms with Crippen molar-refractivity contribution in [2.24, 2.45) is 17.8 Å². The van der Waals surface area contributed by atoms with Crippen LogP contribution in [-0.4, -0.2) is 34.9 Å². The lowest BCUT2D eigenvalue weighted by molar-refractivity contribution is -0.151. The normalized spacial score (nSPS) is 43.5. The quantitative estimate of drug-likeness (QED) is 0.747. The molecular formula is C17H22O5. The van der Waals surface area contributed by atoms with Crippen molar-refractivity contribution in [3.05, 3.63) is 23.3 Å². The van der Waals surface area contributed by atoms with Crippen molar-refractivity contribution in [1.82, 2.24) is 0 Å². The Bertz CT molecular complexity index is 586. The Balaban J connectivity index is 2.07. The summed E-state index contributed by atoms with van der Waals surface area (Å²) >= 11 is 0. The van der Waals surface area contributed by atoms with E-state index in [1.165, 1.54) is 6.92 Å². The van der Waals surface area contributed by atoms with Crippen LogP contribution in [-0.2, 0) is 19.1 Å². The Morgan fingerprint density at radius 3 is 2.82 bits per heavy atom. The Hall–Kier alpha value is -1.62. The standard InChI is InChI=1S/C17H22O5/c1-8-7-12(21-10(3)18)13-9(2)16(19)22-15(13)14-11(8)5-6-17(14,4)20/h5-6,9,12-15,20H,7H2,1-4H3/t9-,12-,13+,14-,15-,17+/m1/s1. The Morgan fingerprint density at radius 1 is 1.50 bits per heavy atom. The van der Waals surface area contributed by atoms with Gasteiger partial charge in [-0.15, -0.1) is 0 Å². The third-order valence-corrected chi connectivity index (χ3v) is 5.22. The van der Waals surface area contributed by atoms with Crippen LogP contribution in [0.3, 0.4) is 0 Å². The molecule has 1 aliphatic heterocycles. The smallest absolute Gasteiger partial charge is 0.309 e. The second kappa shape index (κ2) is 4.95. The first kappa shape index (κ1) is 15.3. The zero-order valence-electron chi connectivity index (χ0n) is 13.3. The molecule has 0 aromatic rings. The summed E-state index contributed by atoms with van der Waals surface area (Å²) in [5, 5.41) is 10.7. The molecule has 0 aromatic carbocycles. The highest BCUT2D eigenvalue weighted by atomic mass is 16.6. The van der Waals surface area contributed by atoms with Crippen LogP contribution in [0.5, 0.6) is 0 Å². The molecule has 22 heavy (non-hydrogen) atoms. The minimum atomic E-state index is -1.06. The fraction of sp³-hybridized carbons (Fsp3) is 0.647. The molecule has 5 nitrogen and oxygen atoms in total. The Morgan fingerprint density at radius 2 is 2.18 bits per heavy atom. The van der Waals surface area contributed by atoms with E-state index in [1.54, 1.807) is 19.9 Å². The molecule has 1 fully saturated rings. The third kappa shape index (κ3) is 2.19. The van der Waals surface area contributed by atoms with Gasteiger partial charge >= 0.3 is 11.9 Å². The molecule has 3 rings (SSSR count). The second-order valence-electron chi connectivity index (χ2n) is 6.89. The number of fused-ring (bicyclic) bond motifs is 3. The number of ether oxygens (including phenoxy) is 2. The number of carbonyl (C=O) groups excluding carboxylic acids is 2. The molecular weight excluding hydrogens is 284 g/mol. The Kier molecular flexibility index (Phi) is 3.44. The van der Waals surface area contributed by atoms with Gasteiger partial charge in [-0.3, -0.25) is 9.59 Å². The minimum absolute atomic E-state index is 0.236. The zero-order chi connectivity index (χ0) is 16.2. The fourth-order valence-corrected chi connectivity index (χ4v) is 4.17. The predicted octanol–water partition coefficient (Wildman–Crippen LogP) is 1.75. The SMILES string of the molecule is CC(=O)O[C@@H]1CC(C)=C2C=C[C@](C)(O)[C@H]2[C@@H]2OC(=O)[C@H](C)[C@H]21. The van der Waals surface area contributed by atoms with Crippen LogP contribution in [0.15, 0.2) is 23.3 Å². The van der Waals surface area contributed by atoms with Gasteiger partial charge in [0, 0.05) is 19.3 Å². The minimum Gasteiger partial charge on any atom is -0.462 e. The fourth-order valence-electron chi connectivity index (χ4n) is 4.17. The van der Waals surface area contributed by atoms with Crippen LogP contribution >= 0.6 is 0 Å². The maximum atomic E-state index is 12.1. The van der Waals surface area contributed by atoms with Crippen molar-refractivity contribution in [2.45, 2.75) is 51.9 Å². The van der Waals surface area contributed by atoms with E-state index in [-0.39, 0.29) is 29.7 Å². The van der Waals surface area contributed by atoms with Crippen molar-refractivity contribution < 1.29 is 24.2 Å². The van der Waals surface area contributed by atoms with E-state index in [9.17, 15) is 14.7 Å². The van der Waals surface area contributed by atoms with E-state index in [1.807, 2.05) is 13.0 Å². The highest BCUT2D eigenvalue weighted by Crippen LogP contribution is 2.50. The lowest BCUT2D eigenvalue weighted by Crippen LogP contribution is -2.44. The van der Waals surface area contributed by atoms with E-state index in [0.717, 1.165) is 11.1 Å². The molecule has 1 N–H and O–H groups in total. The number of aliphatic hydroxyl groups is 1. The van der Waals surface area contributed by atoms with Crippen molar-refractivity contribution in [2.75, 3.05) is 0 Å². The molecule has 2 aliphatic carbocycles. The predicted molar refractivity (Wildman–Crippen MR) is 78.7 cm³/mol. The number of hydrogen-bond donors (Lipinski definition) is 1. The molecule has 1 saturated heterocycles. The highest BCUT2D eigenvalue weighted by molar-refractivity contribution is 5.75. The van der Waals surface area contributed by atoms with Gasteiger partial charge in [0.1, 0.15) is 12.2 Å². The van der Waals surface area contributed by atoms with Gasteiger partial charge in [-0.1, -0.05) is 24.6 Å². The number of allylic oxidation sites excluding steroid dienone is 1. The molecule has 120 valence electrons. The van der Waals surface area contributed by atoms with Crippen LogP contribution in [0.4, 0.5) is 0 Å². The molecule has 0 spiro atoms. The average Bonchev–Trinajstić information content (AvgIpc) is 2.81. The molecule has 0 aromatic heterocycles. The van der Waals surface area contributed by atoms with E-state index in [0.29, 0.717) is 6.42 Å². The van der Waals surface area contributed by atoms with Crippen LogP contribution in [0.25, 0.3) is 0 Å². The number of carbonyl (C=O) groups is 2. The van der Waals surface area contributed by atoms with Gasteiger partial charge in [0.25, 0.3) is 0 Å². The van der Waals surface area contributed by atoms with Crippen LogP contribution in [0, 0.1) is 17.8 Å². The summed E-state index contributed by atoms with van der Waals surface area (Å²) in [5.41, 5.74) is 1.01. The van der Waals surface area contributed by atoms with Gasteiger partial charge in [-0.05, 0) is 19.4 Å². The summed E-state index contributed by atoms with van der Waals surface area (Å²) in [5.74, 6) is -1.53. The molecule has 1 heterocycles. The number of hydrogen-bond acceptors (Lipinski definition) is 5. The number of esters is 2. The summed E-state index contributed by atoms with van der Waals surface area (Å²) in [6, 6.07) is 0. The van der Waals surface area contributed by atoms with Crippen molar-refractivity contribution in [3.8, 4) is 0 Å². The van der Waals surface area contributed by atoms with E-state index >= 15 is 0 Å². The summed E-state index contributed by atoms with van der Waals surface area (Å²) in [6.45, 7) is 6.90. The monoisotopic (exact) mass is 306 g/mol. The van der Waals surface area contributed by atoms with Crippen molar-refractivity contribution in [3.63, 3.8) is 0 Å². The van der Waals surface area contributed by atoms with Gasteiger partial charge in [0.05, 0.1) is 17.4 Å². The topological polar surface area (TPSA) is 72.8 Å². The molecule has 3 aliphatic rings. The molecule has 0 amide bonds. The first-order chi connectivity index (χ1) is 10.2. The van der Waals surface area contributed by atoms with Gasteiger partial charge in [-0.2, -0.15) is 0 Å². The first-order valence-corrected chi connectivity index (χ1v) is 7.71. The van der Waals surface area contributed by atoms with Gasteiger partial charge in [-0.25, -0.2) is 0 Å². The summed E-state index contributed by atoms with van der Waals surface area (Å²) < 4.78 is 11.1. The Labute approximate surface area is 130 Å². The van der Waals surface area contributed by atoms with Gasteiger partial charge < -0.3 is 14.6 Å². The molecule has 0 saturated carbocycles. The van der Waals surface area contributed by atoms with Crippen LogP contribution in [0.1, 0.15) is 34.1 Å². The summed E-state index contributed by atoms with van der Waals surface area (Å²) in [4.78, 5) is 23.5. The van der Waals surface area contributed by atoms with Crippen LogP contribution in [0.2, 0.25) is 0 Å². The van der Waals surface area contributed by atoms with Crippen LogP contribution < -0.4 is 0 Å². The highest BCUT2D eigenvalue weighted by Gasteiger charge is 2.57. The van der Waals surface area contributed by atoms with Crippen molar-refractivity contribution >= 4 is 11.9 Å². The lowest BCUT2D eigenvalue weighted by atomic mass is 9.76. The van der Waals surface area contributed by atoms with E-state index in [4.69, 9.17) is 9.47 Å². The molecule has 5 heteroatoms. The maximum absolute atomic E-state index is 12.1. The van der Waals surface area contributed by atoms with Gasteiger partial charge in [0.2, 0.25) is 0 Å². The second-order valence-corrected chi connectivity index (χ2v) is 6.89.